The standard InChI is InChI=1S/C10H17N3S/c1-13-5-4-11-7-9(13)8-12-10-3-2-6-14-10/h2-3,6,9,11-12H,4-5,7-8H2,1H3. The first-order chi connectivity index (χ1) is 6.86. The molecule has 1 aliphatic rings. The molecular weight excluding hydrogens is 194 g/mol. The third kappa shape index (κ3) is 2.47. The summed E-state index contributed by atoms with van der Waals surface area (Å²) < 4.78 is 0. The summed E-state index contributed by atoms with van der Waals surface area (Å²) in [6.45, 7) is 4.39. The molecule has 2 heterocycles. The van der Waals surface area contributed by atoms with Gasteiger partial charge >= 0.3 is 0 Å². The summed E-state index contributed by atoms with van der Waals surface area (Å²) in [5, 5.41) is 10.2. The molecule has 3 nitrogen and oxygen atoms in total. The average molecular weight is 211 g/mol. The van der Waals surface area contributed by atoms with Crippen LogP contribution in [0.1, 0.15) is 0 Å². The minimum atomic E-state index is 0.617. The highest BCUT2D eigenvalue weighted by molar-refractivity contribution is 7.14. The predicted octanol–water partition coefficient (Wildman–Crippen LogP) is 1.06. The Bertz CT molecular complexity index is 260. The number of piperazine rings is 1. The second-order valence-electron chi connectivity index (χ2n) is 3.70. The van der Waals surface area contributed by atoms with Crippen LogP contribution >= 0.6 is 11.3 Å². The lowest BCUT2D eigenvalue weighted by Crippen LogP contribution is -2.52. The highest BCUT2D eigenvalue weighted by atomic mass is 32.1. The van der Waals surface area contributed by atoms with E-state index in [0.29, 0.717) is 6.04 Å². The van der Waals surface area contributed by atoms with Crippen LogP contribution in [0.2, 0.25) is 0 Å². The zero-order valence-corrected chi connectivity index (χ0v) is 9.31. The number of hydrogen-bond acceptors (Lipinski definition) is 4. The summed E-state index contributed by atoms with van der Waals surface area (Å²) in [6, 6.07) is 4.82. The Balaban J connectivity index is 1.79. The van der Waals surface area contributed by atoms with E-state index in [9.17, 15) is 0 Å². The molecule has 1 aliphatic heterocycles. The van der Waals surface area contributed by atoms with Crippen LogP contribution in [0.15, 0.2) is 17.5 Å². The predicted molar refractivity (Wildman–Crippen MR) is 62.1 cm³/mol. The van der Waals surface area contributed by atoms with Crippen molar-refractivity contribution in [3.8, 4) is 0 Å². The number of nitrogens with one attached hydrogen (secondary N) is 2. The summed E-state index contributed by atoms with van der Waals surface area (Å²) in [4.78, 5) is 2.41. The molecule has 1 aromatic rings. The first-order valence-corrected chi connectivity index (χ1v) is 5.92. The van der Waals surface area contributed by atoms with Crippen LogP contribution in [0.5, 0.6) is 0 Å². The molecule has 1 atom stereocenters. The normalized spacial score (nSPS) is 23.6. The first kappa shape index (κ1) is 9.96. The molecule has 0 spiro atoms. The number of anilines is 1. The Labute approximate surface area is 89.1 Å². The highest BCUT2D eigenvalue weighted by Gasteiger charge is 2.17. The van der Waals surface area contributed by atoms with Crippen molar-refractivity contribution in [1.82, 2.24) is 10.2 Å². The fourth-order valence-corrected chi connectivity index (χ4v) is 2.32. The van der Waals surface area contributed by atoms with Gasteiger partial charge in [-0.05, 0) is 24.6 Å². The lowest BCUT2D eigenvalue weighted by molar-refractivity contribution is 0.209. The summed E-state index contributed by atoms with van der Waals surface area (Å²) in [5.41, 5.74) is 0. The first-order valence-electron chi connectivity index (χ1n) is 5.04. The van der Waals surface area contributed by atoms with Crippen LogP contribution < -0.4 is 10.6 Å². The molecule has 1 fully saturated rings. The van der Waals surface area contributed by atoms with E-state index in [4.69, 9.17) is 0 Å². The molecule has 1 saturated heterocycles. The zero-order valence-electron chi connectivity index (χ0n) is 8.49. The number of nitrogens with zero attached hydrogens (tertiary/aromatic N) is 1. The van der Waals surface area contributed by atoms with Gasteiger partial charge in [-0.1, -0.05) is 0 Å². The van der Waals surface area contributed by atoms with Crippen molar-refractivity contribution in [2.24, 2.45) is 0 Å². The van der Waals surface area contributed by atoms with Crippen LogP contribution in [0.3, 0.4) is 0 Å². The zero-order chi connectivity index (χ0) is 9.80. The second-order valence-corrected chi connectivity index (χ2v) is 4.64. The van der Waals surface area contributed by atoms with Crippen LogP contribution in [-0.2, 0) is 0 Å². The number of likely N-dealkylation sites (N-methyl/N-ethyl adjacent to an activating group) is 1. The van der Waals surface area contributed by atoms with Crippen LogP contribution in [-0.4, -0.2) is 44.2 Å². The van der Waals surface area contributed by atoms with Gasteiger partial charge in [0.15, 0.2) is 0 Å². The average Bonchev–Trinajstić information content (AvgIpc) is 2.69. The van der Waals surface area contributed by atoms with Crippen LogP contribution in [0.4, 0.5) is 5.00 Å². The minimum Gasteiger partial charge on any atom is -0.375 e. The second kappa shape index (κ2) is 4.77. The molecule has 0 aromatic carbocycles. The van der Waals surface area contributed by atoms with E-state index in [0.717, 1.165) is 26.2 Å². The lowest BCUT2D eigenvalue weighted by atomic mass is 10.2. The van der Waals surface area contributed by atoms with Gasteiger partial charge in [0.05, 0.1) is 5.00 Å². The SMILES string of the molecule is CN1CCNCC1CNc1cccs1. The van der Waals surface area contributed by atoms with E-state index in [1.54, 1.807) is 11.3 Å². The maximum Gasteiger partial charge on any atom is 0.0882 e. The van der Waals surface area contributed by atoms with Gasteiger partial charge in [0.1, 0.15) is 0 Å². The summed E-state index contributed by atoms with van der Waals surface area (Å²) in [5.74, 6) is 0. The molecule has 0 radical (unpaired) electrons. The highest BCUT2D eigenvalue weighted by Crippen LogP contribution is 2.15. The fourth-order valence-electron chi connectivity index (χ4n) is 1.69. The van der Waals surface area contributed by atoms with Crippen molar-refractivity contribution in [2.45, 2.75) is 6.04 Å². The Hall–Kier alpha value is -0.580. The molecule has 0 aliphatic carbocycles. The van der Waals surface area contributed by atoms with Crippen molar-refractivity contribution in [1.29, 1.82) is 0 Å². The van der Waals surface area contributed by atoms with Crippen molar-refractivity contribution in [2.75, 3.05) is 38.5 Å². The van der Waals surface area contributed by atoms with E-state index < -0.39 is 0 Å². The topological polar surface area (TPSA) is 27.3 Å². The maximum atomic E-state index is 3.46. The molecule has 4 heteroatoms. The monoisotopic (exact) mass is 211 g/mol. The van der Waals surface area contributed by atoms with Crippen molar-refractivity contribution in [3.63, 3.8) is 0 Å². The Morgan fingerprint density at radius 2 is 2.64 bits per heavy atom. The Morgan fingerprint density at radius 1 is 1.71 bits per heavy atom. The lowest BCUT2D eigenvalue weighted by Gasteiger charge is -2.33. The Morgan fingerprint density at radius 3 is 3.36 bits per heavy atom. The van der Waals surface area contributed by atoms with Gasteiger partial charge in [0.2, 0.25) is 0 Å². The molecule has 0 amide bonds. The van der Waals surface area contributed by atoms with E-state index in [1.165, 1.54) is 5.00 Å². The number of thiophene rings is 1. The van der Waals surface area contributed by atoms with E-state index >= 15 is 0 Å². The molecule has 1 aromatic heterocycles. The van der Waals surface area contributed by atoms with E-state index in [1.807, 2.05) is 0 Å². The molecular formula is C10H17N3S. The third-order valence-corrected chi connectivity index (χ3v) is 3.51. The summed E-state index contributed by atoms with van der Waals surface area (Å²) >= 11 is 1.76. The third-order valence-electron chi connectivity index (χ3n) is 2.68. The summed E-state index contributed by atoms with van der Waals surface area (Å²) in [6.07, 6.45) is 0. The number of hydrogen-bond donors (Lipinski definition) is 2. The van der Waals surface area contributed by atoms with Gasteiger partial charge in [-0.3, -0.25) is 4.90 Å². The maximum absolute atomic E-state index is 3.46. The molecule has 14 heavy (non-hydrogen) atoms. The molecule has 0 bridgehead atoms. The van der Waals surface area contributed by atoms with Gasteiger partial charge in [0, 0.05) is 32.2 Å². The van der Waals surface area contributed by atoms with Gasteiger partial charge in [-0.2, -0.15) is 0 Å². The fraction of sp³-hybridized carbons (Fsp3) is 0.600. The molecule has 78 valence electrons. The van der Waals surface area contributed by atoms with Crippen LogP contribution in [0.25, 0.3) is 0 Å². The quantitative estimate of drug-likeness (QED) is 0.783. The number of rotatable bonds is 3. The molecule has 2 N–H and O–H groups in total. The Kier molecular flexibility index (Phi) is 3.39. The largest absolute Gasteiger partial charge is 0.375 e. The molecule has 2 rings (SSSR count). The molecule has 1 unspecified atom stereocenters. The van der Waals surface area contributed by atoms with Crippen molar-refractivity contribution in [3.05, 3.63) is 17.5 Å². The van der Waals surface area contributed by atoms with Crippen LogP contribution in [0, 0.1) is 0 Å². The van der Waals surface area contributed by atoms with E-state index in [2.05, 4.69) is 40.1 Å². The molecule has 0 saturated carbocycles. The van der Waals surface area contributed by atoms with Gasteiger partial charge in [-0.15, -0.1) is 11.3 Å². The van der Waals surface area contributed by atoms with Gasteiger partial charge < -0.3 is 10.6 Å². The van der Waals surface area contributed by atoms with E-state index in [-0.39, 0.29) is 0 Å². The van der Waals surface area contributed by atoms with Gasteiger partial charge in [-0.25, -0.2) is 0 Å². The minimum absolute atomic E-state index is 0.617. The van der Waals surface area contributed by atoms with Crippen molar-refractivity contribution >= 4 is 16.3 Å². The smallest absolute Gasteiger partial charge is 0.0882 e. The van der Waals surface area contributed by atoms with Crippen molar-refractivity contribution < 1.29 is 0 Å². The van der Waals surface area contributed by atoms with Gasteiger partial charge in [0.25, 0.3) is 0 Å². The summed E-state index contributed by atoms with van der Waals surface area (Å²) in [7, 11) is 2.20.